The van der Waals surface area contributed by atoms with Crippen molar-refractivity contribution >= 4 is 17.5 Å². The Morgan fingerprint density at radius 3 is 2.45 bits per heavy atom. The van der Waals surface area contributed by atoms with Gasteiger partial charge in [-0.15, -0.1) is 0 Å². The van der Waals surface area contributed by atoms with Gasteiger partial charge in [0.1, 0.15) is 0 Å². The van der Waals surface area contributed by atoms with Crippen molar-refractivity contribution in [2.45, 2.75) is 57.7 Å². The third-order valence-electron chi connectivity index (χ3n) is 3.81. The molecule has 1 fully saturated rings. The van der Waals surface area contributed by atoms with Crippen LogP contribution in [0.3, 0.4) is 0 Å². The lowest BCUT2D eigenvalue weighted by molar-refractivity contribution is -0.134. The smallest absolute Gasteiger partial charge is 0.223 e. The number of benzene rings is 1. The molecule has 3 nitrogen and oxygen atoms in total. The third-order valence-corrected chi connectivity index (χ3v) is 4.06. The lowest BCUT2D eigenvalue weighted by Crippen LogP contribution is -2.36. The summed E-state index contributed by atoms with van der Waals surface area (Å²) in [6.07, 6.45) is 3.51. The van der Waals surface area contributed by atoms with Crippen LogP contribution in [0.5, 0.6) is 0 Å². The van der Waals surface area contributed by atoms with Gasteiger partial charge in [-0.05, 0) is 50.8 Å². The highest BCUT2D eigenvalue weighted by Gasteiger charge is 2.35. The second-order valence-corrected chi connectivity index (χ2v) is 6.21. The van der Waals surface area contributed by atoms with Crippen LogP contribution < -0.4 is 5.73 Å². The van der Waals surface area contributed by atoms with Crippen LogP contribution in [0.4, 0.5) is 0 Å². The summed E-state index contributed by atoms with van der Waals surface area (Å²) >= 11 is 5.92. The van der Waals surface area contributed by atoms with E-state index in [0.29, 0.717) is 12.5 Å². The van der Waals surface area contributed by atoms with E-state index in [-0.39, 0.29) is 18.0 Å². The molecule has 2 atom stereocenters. The Hall–Kier alpha value is -1.06. The number of rotatable bonds is 6. The van der Waals surface area contributed by atoms with Crippen molar-refractivity contribution in [1.29, 1.82) is 0 Å². The monoisotopic (exact) mass is 294 g/mol. The molecule has 1 aliphatic rings. The average molecular weight is 295 g/mol. The quantitative estimate of drug-likeness (QED) is 0.872. The van der Waals surface area contributed by atoms with Crippen LogP contribution in [-0.4, -0.2) is 22.9 Å². The molecule has 4 heteroatoms. The number of nitrogens with zero attached hydrogens (tertiary/aromatic N) is 1. The zero-order valence-electron chi connectivity index (χ0n) is 12.2. The van der Waals surface area contributed by atoms with E-state index in [1.165, 1.54) is 0 Å². The number of carbonyl (C=O) groups excluding carboxylic acids is 1. The number of hydrogen-bond donors (Lipinski definition) is 1. The molecule has 1 aromatic rings. The van der Waals surface area contributed by atoms with Crippen molar-refractivity contribution in [3.05, 3.63) is 34.9 Å². The Balaban J connectivity index is 2.07. The van der Waals surface area contributed by atoms with Gasteiger partial charge in [0.15, 0.2) is 0 Å². The highest BCUT2D eigenvalue weighted by Crippen LogP contribution is 2.35. The first-order valence-corrected chi connectivity index (χ1v) is 7.69. The van der Waals surface area contributed by atoms with Gasteiger partial charge in [-0.3, -0.25) is 4.79 Å². The minimum atomic E-state index is 0.0749. The maximum absolute atomic E-state index is 12.5. The standard InChI is InChI=1S/C16H23ClN2O/c1-11(18)3-10-16(20)19(15-8-9-15)12(2)13-4-6-14(17)7-5-13/h4-7,11-12,15H,3,8-10,18H2,1-2H3. The van der Waals surface area contributed by atoms with Crippen LogP contribution in [0.15, 0.2) is 24.3 Å². The molecule has 0 aliphatic heterocycles. The molecule has 1 aromatic carbocycles. The molecule has 0 spiro atoms. The fourth-order valence-electron chi connectivity index (χ4n) is 2.47. The normalized spacial score (nSPS) is 17.6. The minimum Gasteiger partial charge on any atom is -0.333 e. The van der Waals surface area contributed by atoms with Crippen LogP contribution in [0.25, 0.3) is 0 Å². The Morgan fingerprint density at radius 2 is 1.95 bits per heavy atom. The van der Waals surface area contributed by atoms with Crippen molar-refractivity contribution in [1.82, 2.24) is 4.90 Å². The number of amides is 1. The summed E-state index contributed by atoms with van der Waals surface area (Å²) in [5.74, 6) is 0.215. The van der Waals surface area contributed by atoms with E-state index in [0.717, 1.165) is 29.8 Å². The maximum Gasteiger partial charge on any atom is 0.223 e. The van der Waals surface area contributed by atoms with Gasteiger partial charge in [-0.1, -0.05) is 23.7 Å². The predicted octanol–water partition coefficient (Wildman–Crippen LogP) is 3.52. The summed E-state index contributed by atoms with van der Waals surface area (Å²) in [7, 11) is 0. The van der Waals surface area contributed by atoms with E-state index in [1.54, 1.807) is 0 Å². The Kier molecular flexibility index (Phi) is 5.06. The highest BCUT2D eigenvalue weighted by atomic mass is 35.5. The van der Waals surface area contributed by atoms with Gasteiger partial charge in [0.05, 0.1) is 6.04 Å². The predicted molar refractivity (Wildman–Crippen MR) is 82.6 cm³/mol. The second kappa shape index (κ2) is 6.59. The van der Waals surface area contributed by atoms with E-state index in [4.69, 9.17) is 17.3 Å². The first-order chi connectivity index (χ1) is 9.49. The molecule has 0 aromatic heterocycles. The van der Waals surface area contributed by atoms with Gasteiger partial charge >= 0.3 is 0 Å². The van der Waals surface area contributed by atoms with Gasteiger partial charge in [0.25, 0.3) is 0 Å². The average Bonchev–Trinajstić information content (AvgIpc) is 3.22. The number of carbonyl (C=O) groups is 1. The molecule has 2 rings (SSSR count). The van der Waals surface area contributed by atoms with Crippen LogP contribution in [0, 0.1) is 0 Å². The Bertz CT molecular complexity index is 454. The molecule has 0 saturated heterocycles. The van der Waals surface area contributed by atoms with Crippen molar-refractivity contribution in [2.24, 2.45) is 5.73 Å². The maximum atomic E-state index is 12.5. The third kappa shape index (κ3) is 3.97. The van der Waals surface area contributed by atoms with Crippen molar-refractivity contribution in [3.63, 3.8) is 0 Å². The van der Waals surface area contributed by atoms with Gasteiger partial charge in [-0.2, -0.15) is 0 Å². The topological polar surface area (TPSA) is 46.3 Å². The molecule has 1 saturated carbocycles. The number of hydrogen-bond acceptors (Lipinski definition) is 2. The zero-order valence-corrected chi connectivity index (χ0v) is 12.9. The van der Waals surface area contributed by atoms with Gasteiger partial charge in [-0.25, -0.2) is 0 Å². The second-order valence-electron chi connectivity index (χ2n) is 5.78. The Morgan fingerprint density at radius 1 is 1.35 bits per heavy atom. The summed E-state index contributed by atoms with van der Waals surface area (Å²) in [4.78, 5) is 14.5. The van der Waals surface area contributed by atoms with Crippen molar-refractivity contribution < 1.29 is 4.79 Å². The number of nitrogens with two attached hydrogens (primary N) is 1. The molecule has 2 N–H and O–H groups in total. The van der Waals surface area contributed by atoms with Crippen molar-refractivity contribution in [2.75, 3.05) is 0 Å². The zero-order chi connectivity index (χ0) is 14.7. The summed E-state index contributed by atoms with van der Waals surface area (Å²) in [5, 5.41) is 0.724. The molecular weight excluding hydrogens is 272 g/mol. The van der Waals surface area contributed by atoms with Gasteiger partial charge in [0, 0.05) is 23.5 Å². The lowest BCUT2D eigenvalue weighted by atomic mass is 10.1. The molecule has 1 amide bonds. The SMILES string of the molecule is CC(N)CCC(=O)N(C1CC1)C(C)c1ccc(Cl)cc1. The van der Waals surface area contributed by atoms with Crippen LogP contribution in [0.1, 0.15) is 51.1 Å². The van der Waals surface area contributed by atoms with E-state index in [1.807, 2.05) is 36.1 Å². The number of halogens is 1. The summed E-state index contributed by atoms with van der Waals surface area (Å²) < 4.78 is 0. The van der Waals surface area contributed by atoms with E-state index in [2.05, 4.69) is 6.92 Å². The summed E-state index contributed by atoms with van der Waals surface area (Å²) in [6.45, 7) is 4.03. The molecule has 0 radical (unpaired) electrons. The minimum absolute atomic E-state index is 0.0749. The molecule has 0 bridgehead atoms. The molecule has 1 aliphatic carbocycles. The van der Waals surface area contributed by atoms with Gasteiger partial charge < -0.3 is 10.6 Å². The molecule has 0 heterocycles. The first-order valence-electron chi connectivity index (χ1n) is 7.31. The largest absolute Gasteiger partial charge is 0.333 e. The van der Waals surface area contributed by atoms with E-state index >= 15 is 0 Å². The molecule has 20 heavy (non-hydrogen) atoms. The Labute approximate surface area is 126 Å². The van der Waals surface area contributed by atoms with Gasteiger partial charge in [0.2, 0.25) is 5.91 Å². The summed E-state index contributed by atoms with van der Waals surface area (Å²) in [5.41, 5.74) is 6.89. The van der Waals surface area contributed by atoms with Crippen LogP contribution in [0.2, 0.25) is 5.02 Å². The van der Waals surface area contributed by atoms with Crippen LogP contribution in [-0.2, 0) is 4.79 Å². The molecular formula is C16H23ClN2O. The lowest BCUT2D eigenvalue weighted by Gasteiger charge is -2.30. The van der Waals surface area contributed by atoms with E-state index < -0.39 is 0 Å². The first kappa shape index (κ1) is 15.3. The summed E-state index contributed by atoms with van der Waals surface area (Å²) in [6, 6.07) is 8.34. The molecule has 2 unspecified atom stereocenters. The van der Waals surface area contributed by atoms with Crippen LogP contribution >= 0.6 is 11.6 Å². The van der Waals surface area contributed by atoms with E-state index in [9.17, 15) is 4.79 Å². The highest BCUT2D eigenvalue weighted by molar-refractivity contribution is 6.30. The molecule has 110 valence electrons. The fourth-order valence-corrected chi connectivity index (χ4v) is 2.60. The fraction of sp³-hybridized carbons (Fsp3) is 0.562. The van der Waals surface area contributed by atoms with Crippen molar-refractivity contribution in [3.8, 4) is 0 Å².